The van der Waals surface area contributed by atoms with E-state index in [2.05, 4.69) is 14.9 Å². The van der Waals surface area contributed by atoms with E-state index in [4.69, 9.17) is 4.74 Å². The Hall–Kier alpha value is -2.96. The number of nitro groups is 1. The van der Waals surface area contributed by atoms with Crippen LogP contribution in [0.25, 0.3) is 22.2 Å². The molecular weight excluding hydrogens is 262 g/mol. The fraction of sp³-hybridized carbons (Fsp3) is 0.0769. The number of non-ortho nitro benzene ring substituents is 1. The third kappa shape index (κ3) is 1.85. The van der Waals surface area contributed by atoms with Gasteiger partial charge < -0.3 is 4.74 Å². The van der Waals surface area contributed by atoms with Crippen molar-refractivity contribution in [3.05, 3.63) is 46.5 Å². The molecule has 0 aliphatic rings. The number of nitro benzene ring substituents is 1. The van der Waals surface area contributed by atoms with Gasteiger partial charge in [0.15, 0.2) is 0 Å². The standard InChI is InChI=1S/C13H9N3O4/c1-19-12-5-3-2-4-9(12)10-6-8(16(17)18)7-11-13(10)15-20-14-11/h2-7H,1H3. The van der Waals surface area contributed by atoms with Gasteiger partial charge in [0.1, 0.15) is 16.8 Å². The molecule has 0 aliphatic carbocycles. The molecule has 0 spiro atoms. The van der Waals surface area contributed by atoms with Crippen LogP contribution in [0.15, 0.2) is 41.0 Å². The summed E-state index contributed by atoms with van der Waals surface area (Å²) >= 11 is 0. The first-order valence-corrected chi connectivity index (χ1v) is 5.75. The van der Waals surface area contributed by atoms with Crippen LogP contribution < -0.4 is 4.74 Å². The topological polar surface area (TPSA) is 91.3 Å². The average Bonchev–Trinajstić information content (AvgIpc) is 2.94. The minimum absolute atomic E-state index is 0.0749. The molecule has 2 aromatic carbocycles. The molecule has 7 heteroatoms. The number of fused-ring (bicyclic) bond motifs is 1. The van der Waals surface area contributed by atoms with Gasteiger partial charge in [-0.1, -0.05) is 18.2 Å². The lowest BCUT2D eigenvalue weighted by Crippen LogP contribution is -1.92. The molecule has 3 rings (SSSR count). The van der Waals surface area contributed by atoms with E-state index in [9.17, 15) is 10.1 Å². The Balaban J connectivity index is 2.34. The van der Waals surface area contributed by atoms with Crippen LogP contribution in [0.4, 0.5) is 5.69 Å². The molecule has 0 bridgehead atoms. The van der Waals surface area contributed by atoms with E-state index in [0.717, 1.165) is 0 Å². The summed E-state index contributed by atoms with van der Waals surface area (Å²) in [6, 6.07) is 9.96. The van der Waals surface area contributed by atoms with Crippen molar-refractivity contribution in [1.82, 2.24) is 10.3 Å². The molecule has 0 N–H and O–H groups in total. The summed E-state index contributed by atoms with van der Waals surface area (Å²) < 4.78 is 9.95. The highest BCUT2D eigenvalue weighted by atomic mass is 16.6. The Morgan fingerprint density at radius 3 is 2.75 bits per heavy atom. The number of hydrogen-bond acceptors (Lipinski definition) is 6. The number of benzene rings is 2. The van der Waals surface area contributed by atoms with Crippen molar-refractivity contribution in [3.8, 4) is 16.9 Å². The summed E-state index contributed by atoms with van der Waals surface area (Å²) in [4.78, 5) is 10.5. The molecule has 3 aromatic rings. The molecule has 0 fully saturated rings. The minimum Gasteiger partial charge on any atom is -0.496 e. The normalized spacial score (nSPS) is 10.7. The highest BCUT2D eigenvalue weighted by molar-refractivity contribution is 5.94. The summed E-state index contributed by atoms with van der Waals surface area (Å²) in [5.41, 5.74) is 1.96. The van der Waals surface area contributed by atoms with Gasteiger partial charge in [0, 0.05) is 23.3 Å². The molecule has 0 amide bonds. The monoisotopic (exact) mass is 271 g/mol. The molecule has 20 heavy (non-hydrogen) atoms. The van der Waals surface area contributed by atoms with Crippen molar-refractivity contribution in [1.29, 1.82) is 0 Å². The predicted octanol–water partition coefficient (Wildman–Crippen LogP) is 2.81. The van der Waals surface area contributed by atoms with Crippen LogP contribution in [0.2, 0.25) is 0 Å². The van der Waals surface area contributed by atoms with Gasteiger partial charge >= 0.3 is 0 Å². The summed E-state index contributed by atoms with van der Waals surface area (Å²) in [6.07, 6.45) is 0. The SMILES string of the molecule is COc1ccccc1-c1cc([N+](=O)[O-])cc2nonc12. The Bertz CT molecular complexity index is 797. The van der Waals surface area contributed by atoms with Crippen molar-refractivity contribution in [2.24, 2.45) is 0 Å². The van der Waals surface area contributed by atoms with Crippen LogP contribution >= 0.6 is 0 Å². The number of methoxy groups -OCH3 is 1. The first kappa shape index (κ1) is 12.1. The number of nitrogens with zero attached hydrogens (tertiary/aromatic N) is 3. The van der Waals surface area contributed by atoms with Crippen LogP contribution in [-0.2, 0) is 0 Å². The fourth-order valence-electron chi connectivity index (χ4n) is 2.05. The molecule has 0 unspecified atom stereocenters. The fourth-order valence-corrected chi connectivity index (χ4v) is 2.05. The van der Waals surface area contributed by atoms with Gasteiger partial charge in [-0.3, -0.25) is 10.1 Å². The van der Waals surface area contributed by atoms with E-state index in [1.54, 1.807) is 12.1 Å². The number of aromatic nitrogens is 2. The predicted molar refractivity (Wildman–Crippen MR) is 70.4 cm³/mol. The van der Waals surface area contributed by atoms with Crippen LogP contribution in [-0.4, -0.2) is 22.3 Å². The Labute approximate surface area is 112 Å². The quantitative estimate of drug-likeness (QED) is 0.537. The second-order valence-electron chi connectivity index (χ2n) is 4.08. The average molecular weight is 271 g/mol. The molecule has 0 saturated carbocycles. The van der Waals surface area contributed by atoms with Crippen molar-refractivity contribution in [2.45, 2.75) is 0 Å². The summed E-state index contributed by atoms with van der Waals surface area (Å²) in [5.74, 6) is 0.595. The van der Waals surface area contributed by atoms with Crippen molar-refractivity contribution in [3.63, 3.8) is 0 Å². The molecule has 100 valence electrons. The molecule has 7 nitrogen and oxygen atoms in total. The largest absolute Gasteiger partial charge is 0.496 e. The third-order valence-corrected chi connectivity index (χ3v) is 2.95. The highest BCUT2D eigenvalue weighted by Crippen LogP contribution is 2.36. The molecule has 1 heterocycles. The highest BCUT2D eigenvalue weighted by Gasteiger charge is 2.18. The minimum atomic E-state index is -0.479. The van der Waals surface area contributed by atoms with Crippen molar-refractivity contribution in [2.75, 3.05) is 7.11 Å². The lowest BCUT2D eigenvalue weighted by atomic mass is 10.0. The lowest BCUT2D eigenvalue weighted by Gasteiger charge is -2.08. The number of rotatable bonds is 3. The summed E-state index contributed by atoms with van der Waals surface area (Å²) in [6.45, 7) is 0. The Morgan fingerprint density at radius 2 is 2.00 bits per heavy atom. The van der Waals surface area contributed by atoms with Crippen molar-refractivity contribution < 1.29 is 14.3 Å². The number of para-hydroxylation sites is 1. The summed E-state index contributed by atoms with van der Waals surface area (Å²) in [7, 11) is 1.54. The van der Waals surface area contributed by atoms with E-state index in [1.807, 2.05) is 12.1 Å². The second-order valence-corrected chi connectivity index (χ2v) is 4.08. The zero-order chi connectivity index (χ0) is 14.1. The van der Waals surface area contributed by atoms with E-state index in [1.165, 1.54) is 19.2 Å². The van der Waals surface area contributed by atoms with Gasteiger partial charge in [0.05, 0.1) is 12.0 Å². The van der Waals surface area contributed by atoms with Crippen LogP contribution in [0.1, 0.15) is 0 Å². The van der Waals surface area contributed by atoms with Crippen LogP contribution in [0.3, 0.4) is 0 Å². The van der Waals surface area contributed by atoms with Gasteiger partial charge in [-0.05, 0) is 16.4 Å². The second kappa shape index (κ2) is 4.61. The van der Waals surface area contributed by atoms with Gasteiger partial charge in [-0.15, -0.1) is 0 Å². The van der Waals surface area contributed by atoms with Gasteiger partial charge in [0.25, 0.3) is 5.69 Å². The van der Waals surface area contributed by atoms with E-state index in [0.29, 0.717) is 27.9 Å². The maximum Gasteiger partial charge on any atom is 0.272 e. The first-order valence-electron chi connectivity index (χ1n) is 5.75. The molecule has 0 radical (unpaired) electrons. The van der Waals surface area contributed by atoms with Crippen molar-refractivity contribution >= 4 is 16.7 Å². The zero-order valence-corrected chi connectivity index (χ0v) is 10.4. The molecule has 1 aromatic heterocycles. The first-order chi connectivity index (χ1) is 9.70. The van der Waals surface area contributed by atoms with Crippen LogP contribution in [0, 0.1) is 10.1 Å². The molecule has 0 atom stereocenters. The molecular formula is C13H9N3O4. The zero-order valence-electron chi connectivity index (χ0n) is 10.4. The summed E-state index contributed by atoms with van der Waals surface area (Å²) in [5, 5.41) is 18.5. The Morgan fingerprint density at radius 1 is 1.20 bits per heavy atom. The number of ether oxygens (including phenoxy) is 1. The van der Waals surface area contributed by atoms with E-state index >= 15 is 0 Å². The van der Waals surface area contributed by atoms with Gasteiger partial charge in [0.2, 0.25) is 0 Å². The van der Waals surface area contributed by atoms with E-state index in [-0.39, 0.29) is 5.69 Å². The maximum atomic E-state index is 11.0. The Kier molecular flexibility index (Phi) is 2.79. The third-order valence-electron chi connectivity index (χ3n) is 2.95. The molecule has 0 saturated heterocycles. The van der Waals surface area contributed by atoms with Gasteiger partial charge in [-0.25, -0.2) is 4.63 Å². The van der Waals surface area contributed by atoms with Gasteiger partial charge in [-0.2, -0.15) is 0 Å². The van der Waals surface area contributed by atoms with E-state index < -0.39 is 4.92 Å². The molecule has 0 aliphatic heterocycles. The lowest BCUT2D eigenvalue weighted by molar-refractivity contribution is -0.384. The number of hydrogen-bond donors (Lipinski definition) is 0. The smallest absolute Gasteiger partial charge is 0.272 e. The maximum absolute atomic E-state index is 11.0. The van der Waals surface area contributed by atoms with Crippen LogP contribution in [0.5, 0.6) is 5.75 Å².